The predicted molar refractivity (Wildman–Crippen MR) is 163 cm³/mol. The van der Waals surface area contributed by atoms with Crippen molar-refractivity contribution < 1.29 is 28.6 Å². The van der Waals surface area contributed by atoms with Crippen LogP contribution in [0.1, 0.15) is 75.0 Å². The lowest BCUT2D eigenvalue weighted by Gasteiger charge is -2.30. The van der Waals surface area contributed by atoms with E-state index in [0.29, 0.717) is 24.4 Å². The van der Waals surface area contributed by atoms with Crippen LogP contribution in [0.15, 0.2) is 41.3 Å². The van der Waals surface area contributed by atoms with Crippen LogP contribution in [0.4, 0.5) is 4.79 Å². The van der Waals surface area contributed by atoms with E-state index < -0.39 is 23.3 Å². The maximum atomic E-state index is 13.6. The Morgan fingerprint density at radius 1 is 0.976 bits per heavy atom. The van der Waals surface area contributed by atoms with Crippen LogP contribution in [0.3, 0.4) is 0 Å². The molecule has 0 N–H and O–H groups in total. The molecule has 1 saturated heterocycles. The lowest BCUT2D eigenvalue weighted by Crippen LogP contribution is -2.43. The number of methoxy groups -OCH3 is 1. The predicted octanol–water partition coefficient (Wildman–Crippen LogP) is 7.04. The van der Waals surface area contributed by atoms with Gasteiger partial charge in [0.05, 0.1) is 7.11 Å². The second-order valence-electron chi connectivity index (χ2n) is 12.3. The molecular formula is C33H45NO6S. The molecule has 0 spiro atoms. The van der Waals surface area contributed by atoms with E-state index in [4.69, 9.17) is 14.2 Å². The van der Waals surface area contributed by atoms with Crippen LogP contribution in [0.25, 0.3) is 0 Å². The molecule has 224 valence electrons. The molecule has 2 aromatic rings. The summed E-state index contributed by atoms with van der Waals surface area (Å²) in [6.45, 7) is 15.8. The van der Waals surface area contributed by atoms with Gasteiger partial charge in [-0.3, -0.25) is 4.79 Å². The van der Waals surface area contributed by atoms with E-state index in [0.717, 1.165) is 40.2 Å². The second kappa shape index (κ2) is 13.3. The third-order valence-corrected chi connectivity index (χ3v) is 8.13. The monoisotopic (exact) mass is 583 g/mol. The summed E-state index contributed by atoms with van der Waals surface area (Å²) in [5, 5.41) is 0. The molecule has 2 aromatic carbocycles. The molecule has 0 aliphatic carbocycles. The summed E-state index contributed by atoms with van der Waals surface area (Å²) in [5.41, 5.74) is 1.89. The van der Waals surface area contributed by atoms with Crippen molar-refractivity contribution in [1.29, 1.82) is 0 Å². The first kappa shape index (κ1) is 32.5. The number of Topliss-reactive ketones (excluding diaryl/α,β-unsaturated/α-hetero) is 1. The first-order valence-electron chi connectivity index (χ1n) is 14.3. The Hall–Kier alpha value is -3.00. The van der Waals surface area contributed by atoms with E-state index >= 15 is 0 Å². The quantitative estimate of drug-likeness (QED) is 0.168. The number of rotatable bonds is 10. The largest absolute Gasteiger partial charge is 0.476 e. The van der Waals surface area contributed by atoms with Gasteiger partial charge in [0.2, 0.25) is 0 Å². The summed E-state index contributed by atoms with van der Waals surface area (Å²) in [4.78, 5) is 41.5. The summed E-state index contributed by atoms with van der Waals surface area (Å²) < 4.78 is 16.7. The molecular weight excluding hydrogens is 538 g/mol. The number of carbonyl (C=O) groups is 3. The van der Waals surface area contributed by atoms with Gasteiger partial charge in [-0.25, -0.2) is 9.59 Å². The normalized spacial score (nSPS) is 17.3. The molecule has 3 rings (SSSR count). The molecule has 0 radical (unpaired) electrons. The van der Waals surface area contributed by atoms with Gasteiger partial charge < -0.3 is 19.1 Å². The van der Waals surface area contributed by atoms with Gasteiger partial charge in [0.25, 0.3) is 0 Å². The number of likely N-dealkylation sites (tertiary alicyclic amines) is 1. The fourth-order valence-corrected chi connectivity index (χ4v) is 5.89. The minimum absolute atomic E-state index is 0.00827. The number of thioether (sulfide) groups is 1. The average molecular weight is 584 g/mol. The van der Waals surface area contributed by atoms with Gasteiger partial charge >= 0.3 is 12.1 Å². The average Bonchev–Trinajstić information content (AvgIpc) is 3.32. The SMILES string of the molecule is CCSc1ccc(C(=O)C2CN(C(=O)OC)C[C@@H]2CCc2cc(C)c(OC(C)(C)C(=O)OC(C)(C)C)c(C)c2)cc1. The van der Waals surface area contributed by atoms with Crippen LogP contribution in [0, 0.1) is 25.7 Å². The molecule has 1 unspecified atom stereocenters. The topological polar surface area (TPSA) is 82.1 Å². The summed E-state index contributed by atoms with van der Waals surface area (Å²) in [6, 6.07) is 11.9. The minimum Gasteiger partial charge on any atom is -0.476 e. The van der Waals surface area contributed by atoms with E-state index in [9.17, 15) is 14.4 Å². The zero-order chi connectivity index (χ0) is 30.5. The molecule has 7 nitrogen and oxygen atoms in total. The van der Waals surface area contributed by atoms with Crippen molar-refractivity contribution in [3.8, 4) is 5.75 Å². The Bertz CT molecular complexity index is 1220. The molecule has 1 aliphatic heterocycles. The molecule has 8 heteroatoms. The number of esters is 1. The number of amides is 1. The molecule has 0 aromatic heterocycles. The molecule has 0 bridgehead atoms. The first-order valence-corrected chi connectivity index (χ1v) is 15.3. The number of aryl methyl sites for hydroxylation is 3. The number of ketones is 1. The van der Waals surface area contributed by atoms with E-state index in [1.54, 1.807) is 30.5 Å². The number of carbonyl (C=O) groups excluding carboxylic acids is 3. The Morgan fingerprint density at radius 2 is 1.59 bits per heavy atom. The van der Waals surface area contributed by atoms with Crippen molar-refractivity contribution in [3.05, 3.63) is 58.7 Å². The smallest absolute Gasteiger partial charge is 0.409 e. The summed E-state index contributed by atoms with van der Waals surface area (Å²) in [7, 11) is 1.37. The number of nitrogens with zero attached hydrogens (tertiary/aromatic N) is 1. The fraction of sp³-hybridized carbons (Fsp3) is 0.545. The van der Waals surface area contributed by atoms with Gasteiger partial charge in [0.1, 0.15) is 11.4 Å². The third-order valence-electron chi connectivity index (χ3n) is 7.23. The van der Waals surface area contributed by atoms with Crippen molar-refractivity contribution in [2.24, 2.45) is 11.8 Å². The summed E-state index contributed by atoms with van der Waals surface area (Å²) >= 11 is 1.74. The van der Waals surface area contributed by atoms with E-state index in [2.05, 4.69) is 19.1 Å². The van der Waals surface area contributed by atoms with Gasteiger partial charge in [0, 0.05) is 29.5 Å². The molecule has 1 fully saturated rings. The number of hydrogen-bond acceptors (Lipinski definition) is 7. The molecule has 1 heterocycles. The van der Waals surface area contributed by atoms with Crippen LogP contribution in [-0.2, 0) is 20.7 Å². The Balaban J connectivity index is 1.75. The molecule has 0 saturated carbocycles. The van der Waals surface area contributed by atoms with Gasteiger partial charge in [-0.05, 0) is 102 Å². The zero-order valence-corrected chi connectivity index (χ0v) is 26.8. The lowest BCUT2D eigenvalue weighted by molar-refractivity contribution is -0.171. The maximum Gasteiger partial charge on any atom is 0.409 e. The third kappa shape index (κ3) is 8.51. The second-order valence-corrected chi connectivity index (χ2v) is 13.6. The lowest BCUT2D eigenvalue weighted by atomic mass is 9.84. The van der Waals surface area contributed by atoms with Gasteiger partial charge in [0.15, 0.2) is 11.4 Å². The van der Waals surface area contributed by atoms with Crippen molar-refractivity contribution >= 4 is 29.6 Å². The number of benzene rings is 2. The highest BCUT2D eigenvalue weighted by Gasteiger charge is 2.40. The Morgan fingerprint density at radius 3 is 2.12 bits per heavy atom. The van der Waals surface area contributed by atoms with E-state index in [1.165, 1.54) is 7.11 Å². The molecule has 2 atom stereocenters. The van der Waals surface area contributed by atoms with Crippen LogP contribution in [0.5, 0.6) is 5.75 Å². The Kier molecular flexibility index (Phi) is 10.6. The highest BCUT2D eigenvalue weighted by Crippen LogP contribution is 2.34. The van der Waals surface area contributed by atoms with E-state index in [1.807, 2.05) is 58.9 Å². The van der Waals surface area contributed by atoms with Crippen LogP contribution < -0.4 is 4.74 Å². The van der Waals surface area contributed by atoms with E-state index in [-0.39, 0.29) is 17.6 Å². The fourth-order valence-electron chi connectivity index (χ4n) is 5.23. The molecule has 1 aliphatic rings. The van der Waals surface area contributed by atoms with Gasteiger partial charge in [-0.15, -0.1) is 11.8 Å². The maximum absolute atomic E-state index is 13.6. The Labute approximate surface area is 249 Å². The highest BCUT2D eigenvalue weighted by atomic mass is 32.2. The number of ether oxygens (including phenoxy) is 3. The van der Waals surface area contributed by atoms with Crippen molar-refractivity contribution in [1.82, 2.24) is 4.90 Å². The first-order chi connectivity index (χ1) is 19.1. The van der Waals surface area contributed by atoms with Crippen molar-refractivity contribution in [2.75, 3.05) is 26.0 Å². The zero-order valence-electron chi connectivity index (χ0n) is 26.0. The summed E-state index contributed by atoms with van der Waals surface area (Å²) in [6.07, 6.45) is 1.09. The van der Waals surface area contributed by atoms with Crippen LogP contribution >= 0.6 is 11.8 Å². The molecule has 41 heavy (non-hydrogen) atoms. The van der Waals surface area contributed by atoms with Crippen molar-refractivity contribution in [3.63, 3.8) is 0 Å². The van der Waals surface area contributed by atoms with Crippen LogP contribution in [-0.4, -0.2) is 59.9 Å². The highest BCUT2D eigenvalue weighted by molar-refractivity contribution is 7.99. The summed E-state index contributed by atoms with van der Waals surface area (Å²) in [5.74, 6) is 1.00. The molecule has 1 amide bonds. The van der Waals surface area contributed by atoms with Crippen molar-refractivity contribution in [2.45, 2.75) is 84.3 Å². The number of hydrogen-bond donors (Lipinski definition) is 0. The van der Waals surface area contributed by atoms with Crippen LogP contribution in [0.2, 0.25) is 0 Å². The van der Waals surface area contributed by atoms with Gasteiger partial charge in [-0.1, -0.05) is 31.2 Å². The van der Waals surface area contributed by atoms with Gasteiger partial charge in [-0.2, -0.15) is 0 Å². The minimum atomic E-state index is -1.15. The standard InChI is InChI=1S/C33H45NO6S/c1-10-41-26-15-13-24(14-16-26)28(35)27-20-34(31(37)38-9)19-25(27)12-11-23-17-21(2)29(22(3)18-23)39-33(7,8)30(36)40-32(4,5)6/h13-18,25,27H,10-12,19-20H2,1-9H3/t25-,27?/m0/s1.